The van der Waals surface area contributed by atoms with Crippen LogP contribution in [0.25, 0.3) is 0 Å². The van der Waals surface area contributed by atoms with Crippen LogP contribution in [0.2, 0.25) is 5.02 Å². The molecule has 0 fully saturated rings. The SMILES string of the molecule is O=C(O)c1ccc(Nc2ccc(F)c(Cl)c2)c(Br)c1. The van der Waals surface area contributed by atoms with E-state index in [-0.39, 0.29) is 10.6 Å². The van der Waals surface area contributed by atoms with Gasteiger partial charge >= 0.3 is 5.97 Å². The molecule has 0 amide bonds. The highest BCUT2D eigenvalue weighted by Crippen LogP contribution is 2.28. The Morgan fingerprint density at radius 1 is 1.26 bits per heavy atom. The highest BCUT2D eigenvalue weighted by molar-refractivity contribution is 9.10. The summed E-state index contributed by atoms with van der Waals surface area (Å²) in [5.74, 6) is -1.50. The normalized spacial score (nSPS) is 10.3. The van der Waals surface area contributed by atoms with Gasteiger partial charge in [-0.2, -0.15) is 0 Å². The highest BCUT2D eigenvalue weighted by Gasteiger charge is 2.07. The molecule has 0 radical (unpaired) electrons. The summed E-state index contributed by atoms with van der Waals surface area (Å²) in [6.45, 7) is 0. The molecule has 0 unspecified atom stereocenters. The van der Waals surface area contributed by atoms with Gasteiger partial charge in [0.15, 0.2) is 0 Å². The molecular formula is C13H8BrClFNO2. The fourth-order valence-corrected chi connectivity index (χ4v) is 2.14. The lowest BCUT2D eigenvalue weighted by molar-refractivity contribution is 0.0697. The molecule has 0 heterocycles. The van der Waals surface area contributed by atoms with E-state index in [0.717, 1.165) is 0 Å². The van der Waals surface area contributed by atoms with Crippen molar-refractivity contribution in [3.8, 4) is 0 Å². The molecule has 0 bridgehead atoms. The zero-order valence-corrected chi connectivity index (χ0v) is 11.8. The first-order valence-corrected chi connectivity index (χ1v) is 6.39. The van der Waals surface area contributed by atoms with E-state index in [1.54, 1.807) is 12.1 Å². The van der Waals surface area contributed by atoms with Gasteiger partial charge in [0.05, 0.1) is 16.3 Å². The molecule has 0 aliphatic heterocycles. The Morgan fingerprint density at radius 2 is 2.00 bits per heavy atom. The fourth-order valence-electron chi connectivity index (χ4n) is 1.48. The molecule has 3 nitrogen and oxygen atoms in total. The molecule has 0 spiro atoms. The number of carboxylic acids is 1. The van der Waals surface area contributed by atoms with E-state index < -0.39 is 11.8 Å². The van der Waals surface area contributed by atoms with Gasteiger partial charge in [0.2, 0.25) is 0 Å². The second kappa shape index (κ2) is 5.59. The van der Waals surface area contributed by atoms with Crippen LogP contribution in [0.1, 0.15) is 10.4 Å². The second-order valence-corrected chi connectivity index (χ2v) is 5.02. The van der Waals surface area contributed by atoms with Crippen LogP contribution in [0, 0.1) is 5.82 Å². The van der Waals surface area contributed by atoms with Gasteiger partial charge in [0.1, 0.15) is 5.82 Å². The molecule has 0 atom stereocenters. The van der Waals surface area contributed by atoms with Gasteiger partial charge in [0, 0.05) is 10.2 Å². The predicted octanol–water partition coefficient (Wildman–Crippen LogP) is 4.68. The lowest BCUT2D eigenvalue weighted by Gasteiger charge is -2.09. The number of aromatic carboxylic acids is 1. The van der Waals surface area contributed by atoms with Gasteiger partial charge in [-0.3, -0.25) is 0 Å². The van der Waals surface area contributed by atoms with Crippen LogP contribution in [0.5, 0.6) is 0 Å². The van der Waals surface area contributed by atoms with Crippen LogP contribution in [-0.2, 0) is 0 Å². The number of carbonyl (C=O) groups is 1. The predicted molar refractivity (Wildman–Crippen MR) is 75.8 cm³/mol. The van der Waals surface area contributed by atoms with Crippen molar-refractivity contribution in [1.29, 1.82) is 0 Å². The maximum absolute atomic E-state index is 13.0. The third-order valence-electron chi connectivity index (χ3n) is 2.41. The largest absolute Gasteiger partial charge is 0.478 e. The third kappa shape index (κ3) is 3.24. The molecule has 19 heavy (non-hydrogen) atoms. The average Bonchev–Trinajstić information content (AvgIpc) is 2.36. The number of hydrogen-bond donors (Lipinski definition) is 2. The fraction of sp³-hybridized carbons (Fsp3) is 0. The van der Waals surface area contributed by atoms with Crippen molar-refractivity contribution in [2.75, 3.05) is 5.32 Å². The molecule has 98 valence electrons. The first-order chi connectivity index (χ1) is 8.97. The quantitative estimate of drug-likeness (QED) is 0.849. The molecule has 0 aliphatic carbocycles. The van der Waals surface area contributed by atoms with E-state index in [1.807, 2.05) is 0 Å². The molecule has 2 aromatic rings. The molecule has 2 rings (SSSR count). The average molecular weight is 345 g/mol. The second-order valence-electron chi connectivity index (χ2n) is 3.75. The topological polar surface area (TPSA) is 49.3 Å². The van der Waals surface area contributed by atoms with Crippen LogP contribution in [0.3, 0.4) is 0 Å². The number of nitrogens with one attached hydrogen (secondary N) is 1. The van der Waals surface area contributed by atoms with E-state index in [2.05, 4.69) is 21.2 Å². The molecule has 2 N–H and O–H groups in total. The lowest BCUT2D eigenvalue weighted by Crippen LogP contribution is -1.98. The summed E-state index contributed by atoms with van der Waals surface area (Å²) in [6.07, 6.45) is 0. The summed E-state index contributed by atoms with van der Waals surface area (Å²) in [7, 11) is 0. The van der Waals surface area contributed by atoms with E-state index in [9.17, 15) is 9.18 Å². The summed E-state index contributed by atoms with van der Waals surface area (Å²) in [5, 5.41) is 11.9. The minimum absolute atomic E-state index is 0.0169. The molecule has 2 aromatic carbocycles. The zero-order valence-electron chi connectivity index (χ0n) is 9.45. The van der Waals surface area contributed by atoms with Crippen molar-refractivity contribution in [2.24, 2.45) is 0 Å². The summed E-state index contributed by atoms with van der Waals surface area (Å²) in [5.41, 5.74) is 1.44. The van der Waals surface area contributed by atoms with Crippen molar-refractivity contribution in [2.45, 2.75) is 0 Å². The monoisotopic (exact) mass is 343 g/mol. The van der Waals surface area contributed by atoms with E-state index in [4.69, 9.17) is 16.7 Å². The van der Waals surface area contributed by atoms with Crippen LogP contribution < -0.4 is 5.32 Å². The number of halogens is 3. The van der Waals surface area contributed by atoms with Gasteiger partial charge in [0.25, 0.3) is 0 Å². The summed E-state index contributed by atoms with van der Waals surface area (Å²) in [4.78, 5) is 10.8. The van der Waals surface area contributed by atoms with E-state index in [0.29, 0.717) is 15.8 Å². The number of anilines is 2. The smallest absolute Gasteiger partial charge is 0.335 e. The van der Waals surface area contributed by atoms with Crippen molar-refractivity contribution < 1.29 is 14.3 Å². The van der Waals surface area contributed by atoms with Crippen molar-refractivity contribution in [1.82, 2.24) is 0 Å². The van der Waals surface area contributed by atoms with E-state index in [1.165, 1.54) is 24.3 Å². The standard InChI is InChI=1S/C13H8BrClFNO2/c14-9-5-7(13(18)19)1-4-12(9)17-8-2-3-11(16)10(15)6-8/h1-6,17H,(H,18,19). The maximum atomic E-state index is 13.0. The summed E-state index contributed by atoms with van der Waals surface area (Å²) >= 11 is 8.96. The minimum atomic E-state index is -1.00. The third-order valence-corrected chi connectivity index (χ3v) is 3.36. The van der Waals surface area contributed by atoms with Crippen LogP contribution in [0.15, 0.2) is 40.9 Å². The molecule has 0 aliphatic rings. The first kappa shape index (κ1) is 13.8. The zero-order chi connectivity index (χ0) is 14.0. The van der Waals surface area contributed by atoms with Crippen molar-refractivity contribution in [3.05, 3.63) is 57.3 Å². The Hall–Kier alpha value is -1.59. The lowest BCUT2D eigenvalue weighted by atomic mass is 10.2. The Bertz CT molecular complexity index is 649. The van der Waals surface area contributed by atoms with Gasteiger partial charge < -0.3 is 10.4 Å². The van der Waals surface area contributed by atoms with Crippen molar-refractivity contribution in [3.63, 3.8) is 0 Å². The maximum Gasteiger partial charge on any atom is 0.335 e. The highest BCUT2D eigenvalue weighted by atomic mass is 79.9. The van der Waals surface area contributed by atoms with E-state index >= 15 is 0 Å². The first-order valence-electron chi connectivity index (χ1n) is 5.22. The van der Waals surface area contributed by atoms with Crippen LogP contribution in [0.4, 0.5) is 15.8 Å². The van der Waals surface area contributed by atoms with Gasteiger partial charge in [-0.05, 0) is 52.3 Å². The number of hydrogen-bond acceptors (Lipinski definition) is 2. The molecule has 0 aromatic heterocycles. The Morgan fingerprint density at radius 3 is 2.58 bits per heavy atom. The van der Waals surface area contributed by atoms with Crippen LogP contribution >= 0.6 is 27.5 Å². The minimum Gasteiger partial charge on any atom is -0.478 e. The molecular weight excluding hydrogens is 337 g/mol. The summed E-state index contributed by atoms with van der Waals surface area (Å²) < 4.78 is 13.6. The Balaban J connectivity index is 2.28. The molecule has 0 saturated heterocycles. The molecule has 6 heteroatoms. The van der Waals surface area contributed by atoms with Crippen molar-refractivity contribution >= 4 is 44.9 Å². The van der Waals surface area contributed by atoms with Crippen LogP contribution in [-0.4, -0.2) is 11.1 Å². The number of rotatable bonds is 3. The molecule has 0 saturated carbocycles. The van der Waals surface area contributed by atoms with Gasteiger partial charge in [-0.25, -0.2) is 9.18 Å². The Labute approximate surface area is 122 Å². The number of carboxylic acid groups (broad SMARTS) is 1. The summed E-state index contributed by atoms with van der Waals surface area (Å²) in [6, 6.07) is 8.82. The Kier molecular flexibility index (Phi) is 4.07. The number of benzene rings is 2. The van der Waals surface area contributed by atoms with Gasteiger partial charge in [-0.1, -0.05) is 11.6 Å². The van der Waals surface area contributed by atoms with Gasteiger partial charge in [-0.15, -0.1) is 0 Å².